The van der Waals surface area contributed by atoms with Crippen LogP contribution < -0.4 is 5.32 Å². The third kappa shape index (κ3) is 3.88. The zero-order valence-electron chi connectivity index (χ0n) is 13.2. The minimum Gasteiger partial charge on any atom is -0.480 e. The van der Waals surface area contributed by atoms with Crippen LogP contribution in [0.3, 0.4) is 0 Å². The lowest BCUT2D eigenvalue weighted by atomic mass is 9.73. The first-order valence-electron chi connectivity index (χ1n) is 7.87. The Labute approximate surface area is 134 Å². The van der Waals surface area contributed by atoms with Gasteiger partial charge in [0.05, 0.1) is 5.41 Å². The van der Waals surface area contributed by atoms with Gasteiger partial charge in [0.25, 0.3) is 0 Å². The molecule has 1 heterocycles. The maximum absolute atomic E-state index is 13.2. The molecule has 126 valence electrons. The van der Waals surface area contributed by atoms with Crippen molar-refractivity contribution in [2.75, 3.05) is 13.2 Å². The second-order valence-corrected chi connectivity index (χ2v) is 5.85. The second kappa shape index (κ2) is 7.55. The summed E-state index contributed by atoms with van der Waals surface area (Å²) in [7, 11) is 0. The quantitative estimate of drug-likeness (QED) is 0.842. The van der Waals surface area contributed by atoms with Crippen molar-refractivity contribution in [3.8, 4) is 0 Å². The lowest BCUT2D eigenvalue weighted by Gasteiger charge is -2.37. The number of carboxylic acids is 1. The molecule has 1 aliphatic rings. The van der Waals surface area contributed by atoms with Gasteiger partial charge >= 0.3 is 5.97 Å². The monoisotopic (exact) mass is 323 g/mol. The highest BCUT2D eigenvalue weighted by molar-refractivity contribution is 5.91. The Bertz CT molecular complexity index is 552. The standard InChI is InChI=1S/C17H22FNO4/c1-2-3-14(15(20)21)19-16(22)17(8-10-23-11-9-17)12-4-6-13(18)7-5-12/h4-7,14H,2-3,8-11H2,1H3,(H,19,22)(H,20,21). The van der Waals surface area contributed by atoms with Crippen LogP contribution in [0.4, 0.5) is 4.39 Å². The number of carboxylic acid groups (broad SMARTS) is 1. The summed E-state index contributed by atoms with van der Waals surface area (Å²) in [6, 6.07) is 4.92. The molecule has 0 bridgehead atoms. The minimum absolute atomic E-state index is 0.326. The summed E-state index contributed by atoms with van der Waals surface area (Å²) in [5, 5.41) is 11.9. The van der Waals surface area contributed by atoms with Gasteiger partial charge in [0.15, 0.2) is 0 Å². The van der Waals surface area contributed by atoms with E-state index in [-0.39, 0.29) is 11.7 Å². The maximum atomic E-state index is 13.2. The molecule has 1 atom stereocenters. The molecule has 1 aromatic rings. The summed E-state index contributed by atoms with van der Waals surface area (Å²) in [5.74, 6) is -1.74. The van der Waals surface area contributed by atoms with Gasteiger partial charge in [-0.05, 0) is 37.0 Å². The van der Waals surface area contributed by atoms with E-state index in [0.29, 0.717) is 44.5 Å². The summed E-state index contributed by atoms with van der Waals surface area (Å²) in [5.41, 5.74) is -0.173. The minimum atomic E-state index is -1.04. The molecule has 1 fully saturated rings. The van der Waals surface area contributed by atoms with Crippen molar-refractivity contribution < 1.29 is 23.8 Å². The number of hydrogen-bond donors (Lipinski definition) is 2. The lowest BCUT2D eigenvalue weighted by Crippen LogP contribution is -2.52. The van der Waals surface area contributed by atoms with Crippen LogP contribution in [0.25, 0.3) is 0 Å². The van der Waals surface area contributed by atoms with E-state index < -0.39 is 17.4 Å². The fourth-order valence-electron chi connectivity index (χ4n) is 2.98. The summed E-state index contributed by atoms with van der Waals surface area (Å²) in [6.07, 6.45) is 1.92. The largest absolute Gasteiger partial charge is 0.480 e. The van der Waals surface area contributed by atoms with Crippen LogP contribution >= 0.6 is 0 Å². The van der Waals surface area contributed by atoms with Gasteiger partial charge in [-0.3, -0.25) is 4.79 Å². The maximum Gasteiger partial charge on any atom is 0.326 e. The Morgan fingerprint density at radius 1 is 1.30 bits per heavy atom. The number of hydrogen-bond acceptors (Lipinski definition) is 3. The number of carbonyl (C=O) groups is 2. The van der Waals surface area contributed by atoms with E-state index in [0.717, 1.165) is 0 Å². The highest BCUT2D eigenvalue weighted by Gasteiger charge is 2.42. The number of rotatable bonds is 6. The lowest BCUT2D eigenvalue weighted by molar-refractivity contribution is -0.144. The van der Waals surface area contributed by atoms with Crippen LogP contribution in [-0.2, 0) is 19.7 Å². The number of ether oxygens (including phenoxy) is 1. The van der Waals surface area contributed by atoms with E-state index in [9.17, 15) is 19.1 Å². The van der Waals surface area contributed by atoms with E-state index in [4.69, 9.17) is 4.74 Å². The molecule has 6 heteroatoms. The van der Waals surface area contributed by atoms with E-state index in [1.54, 1.807) is 12.1 Å². The fraction of sp³-hybridized carbons (Fsp3) is 0.529. The van der Waals surface area contributed by atoms with Crippen molar-refractivity contribution in [1.29, 1.82) is 0 Å². The summed E-state index contributed by atoms with van der Waals surface area (Å²) < 4.78 is 18.5. The molecular formula is C17H22FNO4. The Hall–Kier alpha value is -1.95. The van der Waals surface area contributed by atoms with Gasteiger partial charge < -0.3 is 15.2 Å². The number of amides is 1. The summed E-state index contributed by atoms with van der Waals surface area (Å²) in [6.45, 7) is 2.69. The van der Waals surface area contributed by atoms with E-state index in [2.05, 4.69) is 5.32 Å². The molecule has 1 aliphatic heterocycles. The van der Waals surface area contributed by atoms with Crippen LogP contribution in [0, 0.1) is 5.82 Å². The van der Waals surface area contributed by atoms with Crippen LogP contribution in [0.1, 0.15) is 38.2 Å². The predicted molar refractivity (Wildman–Crippen MR) is 82.6 cm³/mol. The average Bonchev–Trinajstić information content (AvgIpc) is 2.55. The van der Waals surface area contributed by atoms with Crippen molar-refractivity contribution >= 4 is 11.9 Å². The molecular weight excluding hydrogens is 301 g/mol. The first kappa shape index (κ1) is 17.4. The molecule has 0 aromatic heterocycles. The van der Waals surface area contributed by atoms with Gasteiger partial charge in [-0.15, -0.1) is 0 Å². The zero-order chi connectivity index (χ0) is 16.9. The van der Waals surface area contributed by atoms with Crippen LogP contribution in [0.5, 0.6) is 0 Å². The molecule has 23 heavy (non-hydrogen) atoms. The van der Waals surface area contributed by atoms with Crippen molar-refractivity contribution in [2.24, 2.45) is 0 Å². The van der Waals surface area contributed by atoms with Gasteiger partial charge in [-0.2, -0.15) is 0 Å². The molecule has 0 saturated carbocycles. The number of nitrogens with one attached hydrogen (secondary N) is 1. The number of benzene rings is 1. The molecule has 0 radical (unpaired) electrons. The Kier molecular flexibility index (Phi) is 5.71. The van der Waals surface area contributed by atoms with Crippen molar-refractivity contribution in [3.05, 3.63) is 35.6 Å². The normalized spacial score (nSPS) is 18.2. The third-order valence-electron chi connectivity index (χ3n) is 4.36. The molecule has 1 aromatic carbocycles. The molecule has 2 rings (SSSR count). The van der Waals surface area contributed by atoms with Gasteiger partial charge in [0, 0.05) is 13.2 Å². The van der Waals surface area contributed by atoms with Crippen LogP contribution in [0.15, 0.2) is 24.3 Å². The van der Waals surface area contributed by atoms with E-state index in [1.165, 1.54) is 12.1 Å². The molecule has 1 saturated heterocycles. The van der Waals surface area contributed by atoms with Gasteiger partial charge in [-0.1, -0.05) is 25.5 Å². The molecule has 2 N–H and O–H groups in total. The highest BCUT2D eigenvalue weighted by atomic mass is 19.1. The van der Waals surface area contributed by atoms with E-state index in [1.807, 2.05) is 6.92 Å². The Balaban J connectivity index is 2.28. The van der Waals surface area contributed by atoms with E-state index >= 15 is 0 Å². The third-order valence-corrected chi connectivity index (χ3v) is 4.36. The summed E-state index contributed by atoms with van der Waals surface area (Å²) >= 11 is 0. The van der Waals surface area contributed by atoms with Crippen molar-refractivity contribution in [3.63, 3.8) is 0 Å². The number of carbonyl (C=O) groups excluding carboxylic acids is 1. The average molecular weight is 323 g/mol. The fourth-order valence-corrected chi connectivity index (χ4v) is 2.98. The SMILES string of the molecule is CCCC(NC(=O)C1(c2ccc(F)cc2)CCOCC1)C(=O)O. The first-order valence-corrected chi connectivity index (χ1v) is 7.87. The van der Waals surface area contributed by atoms with Crippen LogP contribution in [0.2, 0.25) is 0 Å². The first-order chi connectivity index (χ1) is 11.0. The van der Waals surface area contributed by atoms with Gasteiger partial charge in [0.2, 0.25) is 5.91 Å². The topological polar surface area (TPSA) is 75.6 Å². The number of halogens is 1. The molecule has 1 amide bonds. The smallest absolute Gasteiger partial charge is 0.326 e. The molecule has 0 spiro atoms. The summed E-state index contributed by atoms with van der Waals surface area (Å²) in [4.78, 5) is 24.2. The predicted octanol–water partition coefficient (Wildman–Crippen LogP) is 2.24. The van der Waals surface area contributed by atoms with Crippen LogP contribution in [-0.4, -0.2) is 36.2 Å². The second-order valence-electron chi connectivity index (χ2n) is 5.85. The zero-order valence-corrected chi connectivity index (χ0v) is 13.2. The van der Waals surface area contributed by atoms with Gasteiger partial charge in [0.1, 0.15) is 11.9 Å². The van der Waals surface area contributed by atoms with Crippen molar-refractivity contribution in [2.45, 2.75) is 44.1 Å². The molecule has 1 unspecified atom stereocenters. The van der Waals surface area contributed by atoms with Gasteiger partial charge in [-0.25, -0.2) is 9.18 Å². The Morgan fingerprint density at radius 2 is 1.91 bits per heavy atom. The molecule has 0 aliphatic carbocycles. The van der Waals surface area contributed by atoms with Crippen molar-refractivity contribution in [1.82, 2.24) is 5.32 Å². The number of aliphatic carboxylic acids is 1. The highest BCUT2D eigenvalue weighted by Crippen LogP contribution is 2.35. The molecule has 5 nitrogen and oxygen atoms in total. The Morgan fingerprint density at radius 3 is 2.43 bits per heavy atom.